The Kier molecular flexibility index (Phi) is 3.93. The summed E-state index contributed by atoms with van der Waals surface area (Å²) in [5, 5.41) is 8.55. The van der Waals surface area contributed by atoms with Gasteiger partial charge in [-0.1, -0.05) is 12.1 Å². The van der Waals surface area contributed by atoms with Crippen LogP contribution in [-0.4, -0.2) is 11.1 Å². The third kappa shape index (κ3) is 3.96. The Hall–Kier alpha value is -2.62. The predicted molar refractivity (Wildman–Crippen MR) is 69.6 cm³/mol. The number of carboxylic acid groups (broad SMARTS) is 1. The molecule has 4 heteroatoms. The van der Waals surface area contributed by atoms with Crippen molar-refractivity contribution >= 4 is 12.0 Å². The molecule has 0 amide bonds. The van der Waals surface area contributed by atoms with Gasteiger partial charge in [-0.2, -0.15) is 0 Å². The van der Waals surface area contributed by atoms with Crippen LogP contribution in [0.3, 0.4) is 0 Å². The lowest BCUT2D eigenvalue weighted by atomic mass is 10.2. The minimum Gasteiger partial charge on any atom is -0.478 e. The van der Waals surface area contributed by atoms with E-state index in [1.807, 2.05) is 0 Å². The Bertz CT molecular complexity index is 603. The summed E-state index contributed by atoms with van der Waals surface area (Å²) in [6.07, 6.45) is 2.52. The molecule has 0 aliphatic heterocycles. The van der Waals surface area contributed by atoms with Crippen LogP contribution in [0, 0.1) is 5.82 Å². The summed E-state index contributed by atoms with van der Waals surface area (Å²) in [7, 11) is 0. The van der Waals surface area contributed by atoms with Gasteiger partial charge < -0.3 is 9.84 Å². The molecule has 1 N–H and O–H groups in total. The minimum absolute atomic E-state index is 0.328. The number of halogens is 1. The maximum Gasteiger partial charge on any atom is 0.328 e. The number of hydrogen-bond acceptors (Lipinski definition) is 2. The first-order valence-corrected chi connectivity index (χ1v) is 5.58. The highest BCUT2D eigenvalue weighted by Gasteiger charge is 1.98. The smallest absolute Gasteiger partial charge is 0.328 e. The van der Waals surface area contributed by atoms with E-state index in [1.165, 1.54) is 30.3 Å². The first-order valence-electron chi connectivity index (χ1n) is 5.58. The second-order valence-electron chi connectivity index (χ2n) is 3.80. The van der Waals surface area contributed by atoms with E-state index in [4.69, 9.17) is 9.84 Å². The Labute approximate surface area is 109 Å². The summed E-state index contributed by atoms with van der Waals surface area (Å²) in [5.41, 5.74) is 0.710. The van der Waals surface area contributed by atoms with Crippen molar-refractivity contribution in [1.82, 2.24) is 0 Å². The van der Waals surface area contributed by atoms with Crippen molar-refractivity contribution in [1.29, 1.82) is 0 Å². The molecule has 2 aromatic rings. The summed E-state index contributed by atoms with van der Waals surface area (Å²) in [6.45, 7) is 0. The van der Waals surface area contributed by atoms with E-state index in [9.17, 15) is 9.18 Å². The topological polar surface area (TPSA) is 46.5 Å². The van der Waals surface area contributed by atoms with E-state index in [-0.39, 0.29) is 5.82 Å². The van der Waals surface area contributed by atoms with Gasteiger partial charge >= 0.3 is 5.97 Å². The second kappa shape index (κ2) is 5.82. The van der Waals surface area contributed by atoms with Crippen molar-refractivity contribution in [2.45, 2.75) is 0 Å². The third-order valence-corrected chi connectivity index (χ3v) is 2.33. The molecule has 2 rings (SSSR count). The number of ether oxygens (including phenoxy) is 1. The van der Waals surface area contributed by atoms with Crippen molar-refractivity contribution < 1.29 is 19.0 Å². The van der Waals surface area contributed by atoms with Crippen molar-refractivity contribution in [3.63, 3.8) is 0 Å². The van der Waals surface area contributed by atoms with E-state index in [1.54, 1.807) is 24.3 Å². The van der Waals surface area contributed by atoms with Gasteiger partial charge in [0, 0.05) is 6.08 Å². The predicted octanol–water partition coefficient (Wildman–Crippen LogP) is 3.72. The summed E-state index contributed by atoms with van der Waals surface area (Å²) in [6, 6.07) is 12.6. The quantitative estimate of drug-likeness (QED) is 0.850. The van der Waals surface area contributed by atoms with Gasteiger partial charge in [0.15, 0.2) is 0 Å². The fraction of sp³-hybridized carbons (Fsp3) is 0. The molecule has 0 radical (unpaired) electrons. The first-order chi connectivity index (χ1) is 9.13. The Morgan fingerprint density at radius 2 is 1.84 bits per heavy atom. The van der Waals surface area contributed by atoms with Gasteiger partial charge in [-0.05, 0) is 48.0 Å². The molecule has 2 aromatic carbocycles. The van der Waals surface area contributed by atoms with Gasteiger partial charge in [0.25, 0.3) is 0 Å². The summed E-state index contributed by atoms with van der Waals surface area (Å²) in [5.74, 6) is -0.268. The largest absolute Gasteiger partial charge is 0.478 e. The molecule has 0 heterocycles. The summed E-state index contributed by atoms with van der Waals surface area (Å²) in [4.78, 5) is 10.4. The van der Waals surface area contributed by atoms with Gasteiger partial charge in [-0.25, -0.2) is 9.18 Å². The molecule has 0 atom stereocenters. The van der Waals surface area contributed by atoms with Crippen LogP contribution in [0.5, 0.6) is 11.5 Å². The summed E-state index contributed by atoms with van der Waals surface area (Å²) < 4.78 is 18.3. The first kappa shape index (κ1) is 12.8. The average molecular weight is 258 g/mol. The van der Waals surface area contributed by atoms with Gasteiger partial charge in [0.2, 0.25) is 0 Å². The van der Waals surface area contributed by atoms with Crippen LogP contribution in [0.15, 0.2) is 54.6 Å². The lowest BCUT2D eigenvalue weighted by molar-refractivity contribution is -0.131. The Morgan fingerprint density at radius 3 is 2.53 bits per heavy atom. The van der Waals surface area contributed by atoms with Crippen molar-refractivity contribution in [3.8, 4) is 11.5 Å². The van der Waals surface area contributed by atoms with E-state index < -0.39 is 5.97 Å². The fourth-order valence-corrected chi connectivity index (χ4v) is 1.49. The van der Waals surface area contributed by atoms with Gasteiger partial charge in [-0.15, -0.1) is 0 Å². The zero-order chi connectivity index (χ0) is 13.7. The molecule has 0 saturated carbocycles. The highest BCUT2D eigenvalue weighted by Crippen LogP contribution is 2.22. The van der Waals surface area contributed by atoms with Crippen LogP contribution in [0.4, 0.5) is 4.39 Å². The number of aliphatic carboxylic acids is 1. The molecule has 19 heavy (non-hydrogen) atoms. The highest BCUT2D eigenvalue weighted by molar-refractivity contribution is 5.85. The van der Waals surface area contributed by atoms with E-state index in [0.717, 1.165) is 6.08 Å². The Balaban J connectivity index is 2.15. The van der Waals surface area contributed by atoms with Crippen molar-refractivity contribution in [3.05, 3.63) is 66.0 Å². The number of hydrogen-bond donors (Lipinski definition) is 1. The number of carbonyl (C=O) groups is 1. The van der Waals surface area contributed by atoms with Crippen LogP contribution in [0.1, 0.15) is 5.56 Å². The van der Waals surface area contributed by atoms with Crippen LogP contribution >= 0.6 is 0 Å². The average Bonchev–Trinajstić information content (AvgIpc) is 2.40. The molecule has 0 aliphatic carbocycles. The van der Waals surface area contributed by atoms with Gasteiger partial charge in [-0.3, -0.25) is 0 Å². The second-order valence-corrected chi connectivity index (χ2v) is 3.80. The van der Waals surface area contributed by atoms with E-state index >= 15 is 0 Å². The number of benzene rings is 2. The normalized spacial score (nSPS) is 10.6. The SMILES string of the molecule is O=C(O)C=Cc1cccc(Oc2ccc(F)cc2)c1. The number of rotatable bonds is 4. The van der Waals surface area contributed by atoms with Gasteiger partial charge in [0.1, 0.15) is 17.3 Å². The zero-order valence-electron chi connectivity index (χ0n) is 9.92. The maximum absolute atomic E-state index is 12.7. The lowest BCUT2D eigenvalue weighted by Gasteiger charge is -2.06. The molecule has 0 aliphatic rings. The van der Waals surface area contributed by atoms with Crippen molar-refractivity contribution in [2.75, 3.05) is 0 Å². The third-order valence-electron chi connectivity index (χ3n) is 2.33. The molecule has 0 unspecified atom stereocenters. The minimum atomic E-state index is -1.01. The summed E-state index contributed by atoms with van der Waals surface area (Å²) >= 11 is 0. The molecular weight excluding hydrogens is 247 g/mol. The molecule has 0 fully saturated rings. The Morgan fingerprint density at radius 1 is 1.11 bits per heavy atom. The highest BCUT2D eigenvalue weighted by atomic mass is 19.1. The number of carboxylic acids is 1. The van der Waals surface area contributed by atoms with Crippen LogP contribution in [-0.2, 0) is 4.79 Å². The maximum atomic E-state index is 12.7. The van der Waals surface area contributed by atoms with E-state index in [0.29, 0.717) is 17.1 Å². The van der Waals surface area contributed by atoms with Gasteiger partial charge in [0.05, 0.1) is 0 Å². The van der Waals surface area contributed by atoms with Crippen molar-refractivity contribution in [2.24, 2.45) is 0 Å². The zero-order valence-corrected chi connectivity index (χ0v) is 9.92. The molecular formula is C15H11FO3. The fourth-order valence-electron chi connectivity index (χ4n) is 1.49. The lowest BCUT2D eigenvalue weighted by Crippen LogP contribution is -1.87. The molecule has 0 saturated heterocycles. The molecule has 3 nitrogen and oxygen atoms in total. The van der Waals surface area contributed by atoms with E-state index in [2.05, 4.69) is 0 Å². The van der Waals surface area contributed by atoms with Crippen LogP contribution in [0.25, 0.3) is 6.08 Å². The molecule has 0 spiro atoms. The van der Waals surface area contributed by atoms with Crippen LogP contribution in [0.2, 0.25) is 0 Å². The monoisotopic (exact) mass is 258 g/mol. The molecule has 0 bridgehead atoms. The molecule has 0 aromatic heterocycles. The standard InChI is InChI=1S/C15H11FO3/c16-12-5-7-13(8-6-12)19-14-3-1-2-11(10-14)4-9-15(17)18/h1-10H,(H,17,18). The van der Waals surface area contributed by atoms with Crippen LogP contribution < -0.4 is 4.74 Å². The molecule has 96 valence electrons.